The summed E-state index contributed by atoms with van der Waals surface area (Å²) < 4.78 is 2.00. The number of thioether (sulfide) groups is 1. The van der Waals surface area contributed by atoms with Crippen LogP contribution in [-0.4, -0.2) is 31.5 Å². The Balaban J connectivity index is 2.08. The Labute approximate surface area is 162 Å². The Morgan fingerprint density at radius 1 is 1.11 bits per heavy atom. The first-order valence-electron chi connectivity index (χ1n) is 8.77. The molecule has 0 unspecified atom stereocenters. The molecule has 0 saturated carbocycles. The molecule has 3 rings (SSSR count). The Morgan fingerprint density at radius 3 is 2.44 bits per heavy atom. The van der Waals surface area contributed by atoms with Crippen LogP contribution in [0.15, 0.2) is 53.6 Å². The Bertz CT molecular complexity index is 966. The molecular weight excluding hydrogens is 360 g/mol. The fraction of sp³-hybridized carbons (Fsp3) is 0.238. The summed E-state index contributed by atoms with van der Waals surface area (Å²) >= 11 is 1.61. The fourth-order valence-corrected chi connectivity index (χ4v) is 4.00. The molecule has 0 amide bonds. The van der Waals surface area contributed by atoms with Crippen LogP contribution < -0.4 is 0 Å². The molecule has 0 aliphatic heterocycles. The number of aryl methyl sites for hydroxylation is 1. The van der Waals surface area contributed by atoms with E-state index < -0.39 is 5.97 Å². The van der Waals surface area contributed by atoms with Crippen LogP contribution in [0.3, 0.4) is 0 Å². The molecule has 0 fully saturated rings. The van der Waals surface area contributed by atoms with Crippen molar-refractivity contribution in [2.24, 2.45) is 0 Å². The van der Waals surface area contributed by atoms with Gasteiger partial charge in [-0.05, 0) is 35.4 Å². The lowest BCUT2D eigenvalue weighted by Crippen LogP contribution is -2.09. The van der Waals surface area contributed by atoms with E-state index in [2.05, 4.69) is 11.9 Å². The van der Waals surface area contributed by atoms with Crippen LogP contribution in [0.25, 0.3) is 11.1 Å². The van der Waals surface area contributed by atoms with Gasteiger partial charge in [0.25, 0.3) is 0 Å². The van der Waals surface area contributed by atoms with Gasteiger partial charge in [0.05, 0.1) is 17.9 Å². The van der Waals surface area contributed by atoms with Gasteiger partial charge in [-0.2, -0.15) is 0 Å². The third kappa shape index (κ3) is 3.91. The summed E-state index contributed by atoms with van der Waals surface area (Å²) in [5.41, 5.74) is 3.61. The highest BCUT2D eigenvalue weighted by atomic mass is 32.2. The van der Waals surface area contributed by atoms with Gasteiger partial charge in [-0.15, -0.1) is 11.8 Å². The van der Waals surface area contributed by atoms with Gasteiger partial charge in [-0.25, -0.2) is 9.78 Å². The number of carbonyl (C=O) groups is 1. The van der Waals surface area contributed by atoms with Crippen molar-refractivity contribution in [1.82, 2.24) is 9.55 Å². The van der Waals surface area contributed by atoms with E-state index in [0.29, 0.717) is 12.1 Å². The number of aliphatic hydroxyl groups is 1. The number of aromatic carboxylic acids is 1. The lowest BCUT2D eigenvalue weighted by molar-refractivity contribution is 0.0697. The molecule has 27 heavy (non-hydrogen) atoms. The van der Waals surface area contributed by atoms with Gasteiger partial charge in [0, 0.05) is 6.54 Å². The SMILES string of the molecule is CCSc1nc(C)n(Cc2ccccc2-c2ccccc2C(=O)O)c1CO. The van der Waals surface area contributed by atoms with E-state index in [-0.39, 0.29) is 12.2 Å². The first-order valence-corrected chi connectivity index (χ1v) is 9.75. The molecule has 0 atom stereocenters. The minimum Gasteiger partial charge on any atom is -0.478 e. The van der Waals surface area contributed by atoms with Gasteiger partial charge in [0.15, 0.2) is 0 Å². The third-order valence-corrected chi connectivity index (χ3v) is 5.34. The summed E-state index contributed by atoms with van der Waals surface area (Å²) in [6.45, 7) is 4.41. The Kier molecular flexibility index (Phi) is 5.98. The number of rotatable bonds is 7. The lowest BCUT2D eigenvalue weighted by Gasteiger charge is -2.15. The number of imidazole rings is 1. The summed E-state index contributed by atoms with van der Waals surface area (Å²) in [6.07, 6.45) is 0. The monoisotopic (exact) mass is 382 g/mol. The molecule has 0 radical (unpaired) electrons. The van der Waals surface area contributed by atoms with Crippen LogP contribution in [0.1, 0.15) is 34.4 Å². The lowest BCUT2D eigenvalue weighted by atomic mass is 9.95. The van der Waals surface area contributed by atoms with Crippen molar-refractivity contribution in [3.63, 3.8) is 0 Å². The summed E-state index contributed by atoms with van der Waals surface area (Å²) in [6, 6.07) is 14.8. The average Bonchev–Trinajstić information content (AvgIpc) is 2.97. The molecule has 140 valence electrons. The maximum absolute atomic E-state index is 11.6. The quantitative estimate of drug-likeness (QED) is 0.599. The molecular formula is C21H22N2O3S. The number of aliphatic hydroxyl groups excluding tert-OH is 1. The van der Waals surface area contributed by atoms with Crippen molar-refractivity contribution in [3.05, 3.63) is 71.2 Å². The van der Waals surface area contributed by atoms with E-state index in [1.165, 1.54) is 0 Å². The first-order chi connectivity index (χ1) is 13.1. The van der Waals surface area contributed by atoms with Gasteiger partial charge >= 0.3 is 5.97 Å². The zero-order valence-electron chi connectivity index (χ0n) is 15.3. The van der Waals surface area contributed by atoms with Crippen LogP contribution in [0, 0.1) is 6.92 Å². The molecule has 2 aromatic carbocycles. The van der Waals surface area contributed by atoms with Crippen LogP contribution in [0.2, 0.25) is 0 Å². The first kappa shape index (κ1) is 19.2. The van der Waals surface area contributed by atoms with Gasteiger partial charge in [0.2, 0.25) is 0 Å². The second-order valence-electron chi connectivity index (χ2n) is 6.10. The molecule has 0 bridgehead atoms. The van der Waals surface area contributed by atoms with Crippen molar-refractivity contribution in [2.45, 2.75) is 32.0 Å². The number of aromatic nitrogens is 2. The molecule has 1 heterocycles. The minimum atomic E-state index is -0.947. The van der Waals surface area contributed by atoms with Crippen LogP contribution in [0.5, 0.6) is 0 Å². The van der Waals surface area contributed by atoms with E-state index in [9.17, 15) is 15.0 Å². The van der Waals surface area contributed by atoms with Crippen molar-refractivity contribution < 1.29 is 15.0 Å². The highest BCUT2D eigenvalue weighted by Crippen LogP contribution is 2.30. The molecule has 0 aliphatic rings. The molecule has 6 heteroatoms. The molecule has 5 nitrogen and oxygen atoms in total. The number of hydrogen-bond donors (Lipinski definition) is 2. The van der Waals surface area contributed by atoms with Gasteiger partial charge in [-0.3, -0.25) is 0 Å². The summed E-state index contributed by atoms with van der Waals surface area (Å²) in [5.74, 6) is 0.764. The Hall–Kier alpha value is -2.57. The number of nitrogens with zero attached hydrogens (tertiary/aromatic N) is 2. The highest BCUT2D eigenvalue weighted by molar-refractivity contribution is 7.99. The summed E-state index contributed by atoms with van der Waals surface area (Å²) in [5, 5.41) is 20.3. The molecule has 1 aromatic heterocycles. The molecule has 0 saturated heterocycles. The van der Waals surface area contributed by atoms with Crippen molar-refractivity contribution in [2.75, 3.05) is 5.75 Å². The summed E-state index contributed by atoms with van der Waals surface area (Å²) in [4.78, 5) is 16.2. The predicted molar refractivity (Wildman–Crippen MR) is 107 cm³/mol. The normalized spacial score (nSPS) is 10.9. The topological polar surface area (TPSA) is 75.4 Å². The van der Waals surface area contributed by atoms with Crippen molar-refractivity contribution in [1.29, 1.82) is 0 Å². The smallest absolute Gasteiger partial charge is 0.336 e. The standard InChI is InChI=1S/C21H22N2O3S/c1-3-27-20-19(13-24)23(14(2)22-20)12-15-8-4-5-9-16(15)17-10-6-7-11-18(17)21(25)26/h4-11,24H,3,12-13H2,1-2H3,(H,25,26). The zero-order valence-corrected chi connectivity index (χ0v) is 16.2. The number of benzene rings is 2. The van der Waals surface area contributed by atoms with E-state index in [0.717, 1.165) is 33.4 Å². The largest absolute Gasteiger partial charge is 0.478 e. The maximum Gasteiger partial charge on any atom is 0.336 e. The molecule has 3 aromatic rings. The second kappa shape index (κ2) is 8.41. The summed E-state index contributed by atoms with van der Waals surface area (Å²) in [7, 11) is 0. The van der Waals surface area contributed by atoms with Gasteiger partial charge in [-0.1, -0.05) is 49.4 Å². The number of carboxylic acids is 1. The second-order valence-corrected chi connectivity index (χ2v) is 7.35. The Morgan fingerprint density at radius 2 is 1.78 bits per heavy atom. The molecule has 2 N–H and O–H groups in total. The zero-order chi connectivity index (χ0) is 19.4. The van der Waals surface area contributed by atoms with Crippen molar-refractivity contribution >= 4 is 17.7 Å². The average molecular weight is 382 g/mol. The van der Waals surface area contributed by atoms with Crippen molar-refractivity contribution in [3.8, 4) is 11.1 Å². The molecule has 0 aliphatic carbocycles. The van der Waals surface area contributed by atoms with E-state index >= 15 is 0 Å². The van der Waals surface area contributed by atoms with E-state index in [1.807, 2.05) is 47.9 Å². The van der Waals surface area contributed by atoms with Gasteiger partial charge in [0.1, 0.15) is 10.9 Å². The van der Waals surface area contributed by atoms with Crippen LogP contribution in [-0.2, 0) is 13.2 Å². The van der Waals surface area contributed by atoms with Crippen LogP contribution in [0.4, 0.5) is 0 Å². The van der Waals surface area contributed by atoms with E-state index in [1.54, 1.807) is 23.9 Å². The van der Waals surface area contributed by atoms with Gasteiger partial charge < -0.3 is 14.8 Å². The highest BCUT2D eigenvalue weighted by Gasteiger charge is 2.17. The minimum absolute atomic E-state index is 0.0863. The maximum atomic E-state index is 11.6. The van der Waals surface area contributed by atoms with E-state index in [4.69, 9.17) is 0 Å². The third-order valence-electron chi connectivity index (χ3n) is 4.45. The number of hydrogen-bond acceptors (Lipinski definition) is 4. The van der Waals surface area contributed by atoms with Crippen LogP contribution >= 0.6 is 11.8 Å². The fourth-order valence-electron chi connectivity index (χ4n) is 3.19. The number of carboxylic acid groups (broad SMARTS) is 1. The molecule has 0 spiro atoms. The predicted octanol–water partition coefficient (Wildman–Crippen LogP) is 4.21.